The number of aliphatic hydroxyl groups is 1. The summed E-state index contributed by atoms with van der Waals surface area (Å²) >= 11 is 0. The number of halogens is 2. The lowest BCUT2D eigenvalue weighted by atomic mass is 9.84. The summed E-state index contributed by atoms with van der Waals surface area (Å²) in [5.41, 5.74) is 0.424. The molecule has 1 aliphatic heterocycles. The second-order valence-electron chi connectivity index (χ2n) is 10.3. The Morgan fingerprint density at radius 3 is 2.20 bits per heavy atom. The summed E-state index contributed by atoms with van der Waals surface area (Å²) in [6, 6.07) is 11.1. The lowest BCUT2D eigenvalue weighted by molar-refractivity contribution is -0.132. The minimum absolute atomic E-state index is 0.258. The van der Waals surface area contributed by atoms with Crippen LogP contribution >= 0.6 is 0 Å². The Morgan fingerprint density at radius 1 is 0.925 bits per heavy atom. The molecule has 1 N–H and O–H groups in total. The molecule has 210 valence electrons. The van der Waals surface area contributed by atoms with Gasteiger partial charge in [-0.15, -0.1) is 0 Å². The summed E-state index contributed by atoms with van der Waals surface area (Å²) < 4.78 is 45.4. The molecule has 1 heterocycles. The van der Waals surface area contributed by atoms with Gasteiger partial charge in [0.1, 0.15) is 23.1 Å². The molecule has 0 spiro atoms. The maximum atomic E-state index is 15.0. The zero-order chi connectivity index (χ0) is 29.4. The van der Waals surface area contributed by atoms with E-state index in [0.29, 0.717) is 35.5 Å². The van der Waals surface area contributed by atoms with Crippen LogP contribution in [0.4, 0.5) is 14.5 Å². The van der Waals surface area contributed by atoms with E-state index in [0.717, 1.165) is 22.6 Å². The van der Waals surface area contributed by atoms with Gasteiger partial charge in [0.15, 0.2) is 11.5 Å². The van der Waals surface area contributed by atoms with Gasteiger partial charge < -0.3 is 19.3 Å². The Labute approximate surface area is 231 Å². The predicted molar refractivity (Wildman–Crippen MR) is 147 cm³/mol. The zero-order valence-corrected chi connectivity index (χ0v) is 23.2. The highest BCUT2D eigenvalue weighted by molar-refractivity contribution is 6.51. The number of Topliss-reactive ketones (excluding diaryl/α,β-unsaturated/α-hetero) is 1. The van der Waals surface area contributed by atoms with Crippen LogP contribution in [0, 0.1) is 11.6 Å². The van der Waals surface area contributed by atoms with Crippen LogP contribution in [0.5, 0.6) is 17.2 Å². The average molecular weight is 552 g/mol. The van der Waals surface area contributed by atoms with E-state index in [2.05, 4.69) is 0 Å². The van der Waals surface area contributed by atoms with E-state index >= 15 is 4.39 Å². The van der Waals surface area contributed by atoms with Crippen molar-refractivity contribution in [2.45, 2.75) is 39.2 Å². The molecule has 0 radical (unpaired) electrons. The molecule has 1 atom stereocenters. The summed E-state index contributed by atoms with van der Waals surface area (Å²) in [5, 5.41) is 11.6. The lowest BCUT2D eigenvalue weighted by Gasteiger charge is -2.27. The molecule has 1 fully saturated rings. The van der Waals surface area contributed by atoms with Crippen LogP contribution in [0.1, 0.15) is 50.4 Å². The average Bonchev–Trinajstić information content (AvgIpc) is 3.17. The highest BCUT2D eigenvalue weighted by atomic mass is 19.1. The first-order valence-electron chi connectivity index (χ1n) is 12.7. The summed E-state index contributed by atoms with van der Waals surface area (Å²) in [4.78, 5) is 27.9. The van der Waals surface area contributed by atoms with Crippen molar-refractivity contribution in [2.75, 3.05) is 25.7 Å². The highest BCUT2D eigenvalue weighted by Gasteiger charge is 2.48. The Bertz CT molecular complexity index is 1510. The van der Waals surface area contributed by atoms with Gasteiger partial charge in [-0.2, -0.15) is 0 Å². The van der Waals surface area contributed by atoms with Crippen LogP contribution in [-0.2, 0) is 15.0 Å². The first-order chi connectivity index (χ1) is 18.9. The summed E-state index contributed by atoms with van der Waals surface area (Å²) in [6.07, 6.45) is 0. The number of amides is 1. The smallest absolute Gasteiger partial charge is 0.300 e. The Morgan fingerprint density at radius 2 is 1.60 bits per heavy atom. The van der Waals surface area contributed by atoms with Crippen LogP contribution in [0.15, 0.2) is 60.2 Å². The Kier molecular flexibility index (Phi) is 7.86. The number of anilines is 1. The molecule has 3 aromatic rings. The van der Waals surface area contributed by atoms with Crippen LogP contribution in [-0.4, -0.2) is 37.6 Å². The van der Waals surface area contributed by atoms with Gasteiger partial charge in [0.05, 0.1) is 38.1 Å². The van der Waals surface area contributed by atoms with E-state index in [-0.39, 0.29) is 22.2 Å². The number of ketones is 1. The Hall–Kier alpha value is -4.40. The van der Waals surface area contributed by atoms with Gasteiger partial charge in [-0.1, -0.05) is 26.8 Å². The molecule has 1 amide bonds. The third kappa shape index (κ3) is 5.11. The van der Waals surface area contributed by atoms with E-state index in [1.54, 1.807) is 43.3 Å². The number of methoxy groups -OCH3 is 2. The molecular formula is C31H31F2NO6. The van der Waals surface area contributed by atoms with E-state index < -0.39 is 35.1 Å². The molecule has 1 unspecified atom stereocenters. The number of hydrogen-bond acceptors (Lipinski definition) is 6. The fourth-order valence-electron chi connectivity index (χ4n) is 4.80. The van der Waals surface area contributed by atoms with Crippen molar-refractivity contribution >= 4 is 23.1 Å². The van der Waals surface area contributed by atoms with Crippen LogP contribution < -0.4 is 19.1 Å². The molecule has 7 nitrogen and oxygen atoms in total. The quantitative estimate of drug-likeness (QED) is 0.211. The minimum atomic E-state index is -1.26. The second kappa shape index (κ2) is 11.0. The molecule has 1 saturated heterocycles. The van der Waals surface area contributed by atoms with Crippen LogP contribution in [0.3, 0.4) is 0 Å². The van der Waals surface area contributed by atoms with Crippen molar-refractivity contribution in [3.63, 3.8) is 0 Å². The van der Waals surface area contributed by atoms with Gasteiger partial charge >= 0.3 is 0 Å². The van der Waals surface area contributed by atoms with Gasteiger partial charge in [0.25, 0.3) is 11.7 Å². The molecule has 0 aliphatic carbocycles. The van der Waals surface area contributed by atoms with Crippen LogP contribution in [0.2, 0.25) is 0 Å². The van der Waals surface area contributed by atoms with E-state index in [4.69, 9.17) is 14.2 Å². The van der Waals surface area contributed by atoms with Gasteiger partial charge in [-0.25, -0.2) is 8.78 Å². The third-order valence-electron chi connectivity index (χ3n) is 6.70. The number of carbonyl (C=O) groups is 2. The van der Waals surface area contributed by atoms with Gasteiger partial charge in [-0.05, 0) is 60.4 Å². The first kappa shape index (κ1) is 28.6. The molecule has 3 aromatic carbocycles. The highest BCUT2D eigenvalue weighted by Crippen LogP contribution is 2.45. The summed E-state index contributed by atoms with van der Waals surface area (Å²) in [7, 11) is 3.00. The van der Waals surface area contributed by atoms with E-state index in [1.165, 1.54) is 14.2 Å². The molecule has 40 heavy (non-hydrogen) atoms. The zero-order valence-electron chi connectivity index (χ0n) is 23.2. The number of nitrogens with zero attached hydrogens (tertiary/aromatic N) is 1. The van der Waals surface area contributed by atoms with Crippen molar-refractivity contribution < 1.29 is 37.7 Å². The SMILES string of the molecule is CCOc1cc(C2/C(=C(\O)c3ccc(OC)c(C(C)(C)C)c3)C(=O)C(=O)N2c2ccc(F)cc2F)ccc1OC. The topological polar surface area (TPSA) is 85.3 Å². The van der Waals surface area contributed by atoms with Crippen LogP contribution in [0.25, 0.3) is 5.76 Å². The maximum Gasteiger partial charge on any atom is 0.300 e. The Balaban J connectivity index is 2.01. The molecule has 4 rings (SSSR count). The molecule has 0 aromatic heterocycles. The molecule has 0 saturated carbocycles. The number of rotatable bonds is 7. The number of ether oxygens (including phenoxy) is 3. The second-order valence-corrected chi connectivity index (χ2v) is 10.3. The molecular weight excluding hydrogens is 520 g/mol. The van der Waals surface area contributed by atoms with Crippen molar-refractivity contribution in [1.82, 2.24) is 0 Å². The molecule has 9 heteroatoms. The fourth-order valence-corrected chi connectivity index (χ4v) is 4.80. The normalized spacial score (nSPS) is 16.8. The number of aliphatic hydroxyl groups excluding tert-OH is 1. The number of benzene rings is 3. The first-order valence-corrected chi connectivity index (χ1v) is 12.7. The summed E-state index contributed by atoms with van der Waals surface area (Å²) in [5.74, 6) is -3.10. The predicted octanol–water partition coefficient (Wildman–Crippen LogP) is 6.30. The minimum Gasteiger partial charge on any atom is -0.507 e. The standard InChI is InChI=1S/C31H31F2NO6/c1-7-40-25-15-17(8-13-24(25)39-6)27-26(28(35)18-9-12-23(38-5)20(14-18)31(2,3)4)29(36)30(37)34(27)22-11-10-19(32)16-21(22)33/h8-16,27,35H,7H2,1-6H3/b28-26+. The maximum absolute atomic E-state index is 15.0. The number of carbonyl (C=O) groups excluding carboxylic acids is 2. The van der Waals surface area contributed by atoms with Crippen molar-refractivity contribution in [3.8, 4) is 17.2 Å². The van der Waals surface area contributed by atoms with E-state index in [9.17, 15) is 19.1 Å². The van der Waals surface area contributed by atoms with Gasteiger partial charge in [-0.3, -0.25) is 14.5 Å². The van der Waals surface area contributed by atoms with Crippen molar-refractivity contribution in [3.05, 3.63) is 88.5 Å². The van der Waals surface area contributed by atoms with Gasteiger partial charge in [0.2, 0.25) is 0 Å². The third-order valence-corrected chi connectivity index (χ3v) is 6.70. The number of hydrogen-bond donors (Lipinski definition) is 1. The van der Waals surface area contributed by atoms with Gasteiger partial charge in [0, 0.05) is 17.2 Å². The van der Waals surface area contributed by atoms with E-state index in [1.807, 2.05) is 20.8 Å². The van der Waals surface area contributed by atoms with Crippen molar-refractivity contribution in [2.24, 2.45) is 0 Å². The fraction of sp³-hybridized carbons (Fsp3) is 0.290. The molecule has 1 aliphatic rings. The monoisotopic (exact) mass is 551 g/mol. The summed E-state index contributed by atoms with van der Waals surface area (Å²) in [6.45, 7) is 7.99. The largest absolute Gasteiger partial charge is 0.507 e. The lowest BCUT2D eigenvalue weighted by Crippen LogP contribution is -2.30. The van der Waals surface area contributed by atoms with Crippen molar-refractivity contribution in [1.29, 1.82) is 0 Å². The molecule has 0 bridgehead atoms.